The summed E-state index contributed by atoms with van der Waals surface area (Å²) in [5.41, 5.74) is 1.13. The van der Waals surface area contributed by atoms with Gasteiger partial charge in [0, 0.05) is 33.1 Å². The van der Waals surface area contributed by atoms with Gasteiger partial charge in [-0.1, -0.05) is 6.07 Å². The van der Waals surface area contributed by atoms with Crippen LogP contribution in [-0.2, 0) is 13.0 Å². The highest BCUT2D eigenvalue weighted by Crippen LogP contribution is 2.31. The Labute approximate surface area is 175 Å². The maximum absolute atomic E-state index is 5.68. The SMILES string of the molecule is CCNC(=NCCc1nc(-c2ccco2)n[nH]1)N(C)Cc1ccc2c(c1)OCCO2. The smallest absolute Gasteiger partial charge is 0.216 e. The number of hydrogen-bond donors (Lipinski definition) is 2. The fourth-order valence-corrected chi connectivity index (χ4v) is 3.20. The lowest BCUT2D eigenvalue weighted by Gasteiger charge is -2.23. The average molecular weight is 410 g/mol. The first kappa shape index (κ1) is 19.8. The molecule has 3 heterocycles. The van der Waals surface area contributed by atoms with Gasteiger partial charge in [0.05, 0.1) is 6.26 Å². The molecular weight excluding hydrogens is 384 g/mol. The van der Waals surface area contributed by atoms with Gasteiger partial charge in [0.1, 0.15) is 19.0 Å². The highest BCUT2D eigenvalue weighted by molar-refractivity contribution is 5.79. The second-order valence-corrected chi connectivity index (χ2v) is 6.90. The molecule has 3 aromatic rings. The molecule has 2 N–H and O–H groups in total. The zero-order valence-electron chi connectivity index (χ0n) is 17.2. The van der Waals surface area contributed by atoms with Crippen LogP contribution in [0.4, 0.5) is 0 Å². The van der Waals surface area contributed by atoms with Gasteiger partial charge in [0.2, 0.25) is 5.82 Å². The van der Waals surface area contributed by atoms with Gasteiger partial charge in [0.25, 0.3) is 0 Å². The van der Waals surface area contributed by atoms with Crippen molar-refractivity contribution in [3.05, 3.63) is 48.0 Å². The van der Waals surface area contributed by atoms with E-state index in [4.69, 9.17) is 18.9 Å². The molecule has 2 aromatic heterocycles. The van der Waals surface area contributed by atoms with Crippen LogP contribution in [-0.4, -0.2) is 59.4 Å². The van der Waals surface area contributed by atoms with E-state index in [-0.39, 0.29) is 0 Å². The number of ether oxygens (including phenoxy) is 2. The van der Waals surface area contributed by atoms with E-state index in [2.05, 4.69) is 38.4 Å². The number of aromatic amines is 1. The highest BCUT2D eigenvalue weighted by Gasteiger charge is 2.14. The minimum atomic E-state index is 0.557. The summed E-state index contributed by atoms with van der Waals surface area (Å²) >= 11 is 0. The van der Waals surface area contributed by atoms with Crippen molar-refractivity contribution in [1.82, 2.24) is 25.4 Å². The van der Waals surface area contributed by atoms with Crippen LogP contribution in [0.1, 0.15) is 18.3 Å². The van der Waals surface area contributed by atoms with Crippen molar-refractivity contribution in [2.45, 2.75) is 19.9 Å². The molecule has 1 aliphatic heterocycles. The Morgan fingerprint density at radius 2 is 2.10 bits per heavy atom. The number of furan rings is 1. The minimum Gasteiger partial charge on any atom is -0.486 e. The van der Waals surface area contributed by atoms with Gasteiger partial charge in [-0.05, 0) is 36.8 Å². The van der Waals surface area contributed by atoms with Crippen LogP contribution in [0.5, 0.6) is 11.5 Å². The van der Waals surface area contributed by atoms with E-state index in [1.807, 2.05) is 31.3 Å². The topological polar surface area (TPSA) is 101 Å². The lowest BCUT2D eigenvalue weighted by Crippen LogP contribution is -2.38. The van der Waals surface area contributed by atoms with Crippen molar-refractivity contribution in [3.8, 4) is 23.1 Å². The van der Waals surface area contributed by atoms with Crippen LogP contribution in [0.15, 0.2) is 46.0 Å². The zero-order chi connectivity index (χ0) is 20.8. The molecule has 0 amide bonds. The Morgan fingerprint density at radius 1 is 1.23 bits per heavy atom. The third-order valence-electron chi connectivity index (χ3n) is 4.61. The van der Waals surface area contributed by atoms with Crippen LogP contribution < -0.4 is 14.8 Å². The average Bonchev–Trinajstić information content (AvgIpc) is 3.45. The number of guanidine groups is 1. The van der Waals surface area contributed by atoms with Crippen molar-refractivity contribution < 1.29 is 13.9 Å². The van der Waals surface area contributed by atoms with E-state index in [0.29, 0.717) is 44.3 Å². The van der Waals surface area contributed by atoms with Crippen molar-refractivity contribution >= 4 is 5.96 Å². The molecule has 4 rings (SSSR count). The molecule has 0 atom stereocenters. The van der Waals surface area contributed by atoms with Crippen molar-refractivity contribution in [2.24, 2.45) is 4.99 Å². The van der Waals surface area contributed by atoms with E-state index in [1.165, 1.54) is 0 Å². The predicted molar refractivity (Wildman–Crippen MR) is 113 cm³/mol. The molecule has 9 heteroatoms. The Bertz CT molecular complexity index is 983. The van der Waals surface area contributed by atoms with Crippen molar-refractivity contribution in [2.75, 3.05) is 33.4 Å². The number of nitrogens with zero attached hydrogens (tertiary/aromatic N) is 4. The summed E-state index contributed by atoms with van der Waals surface area (Å²) in [7, 11) is 2.02. The second-order valence-electron chi connectivity index (χ2n) is 6.90. The van der Waals surface area contributed by atoms with Crippen LogP contribution >= 0.6 is 0 Å². The first-order chi connectivity index (χ1) is 14.7. The molecule has 0 bridgehead atoms. The Balaban J connectivity index is 1.37. The van der Waals surface area contributed by atoms with Crippen LogP contribution in [0.25, 0.3) is 11.6 Å². The normalized spacial score (nSPS) is 13.3. The van der Waals surface area contributed by atoms with E-state index < -0.39 is 0 Å². The number of H-pyrrole nitrogens is 1. The predicted octanol–water partition coefficient (Wildman–Crippen LogP) is 2.48. The summed E-state index contributed by atoms with van der Waals surface area (Å²) in [4.78, 5) is 11.3. The molecule has 0 saturated carbocycles. The van der Waals surface area contributed by atoms with Crippen molar-refractivity contribution in [3.63, 3.8) is 0 Å². The lowest BCUT2D eigenvalue weighted by atomic mass is 10.2. The van der Waals surface area contributed by atoms with Gasteiger partial charge < -0.3 is 24.1 Å². The maximum Gasteiger partial charge on any atom is 0.216 e. The highest BCUT2D eigenvalue weighted by atomic mass is 16.6. The van der Waals surface area contributed by atoms with Gasteiger partial charge >= 0.3 is 0 Å². The van der Waals surface area contributed by atoms with Gasteiger partial charge in [-0.2, -0.15) is 5.10 Å². The third-order valence-corrected chi connectivity index (χ3v) is 4.61. The molecular formula is C21H26N6O3. The van der Waals surface area contributed by atoms with Gasteiger partial charge in [-0.3, -0.25) is 10.1 Å². The summed E-state index contributed by atoms with van der Waals surface area (Å²) in [6.45, 7) is 5.31. The number of nitrogens with one attached hydrogen (secondary N) is 2. The molecule has 0 unspecified atom stereocenters. The first-order valence-electron chi connectivity index (χ1n) is 10.1. The maximum atomic E-state index is 5.68. The van der Waals surface area contributed by atoms with E-state index in [9.17, 15) is 0 Å². The molecule has 0 spiro atoms. The molecule has 9 nitrogen and oxygen atoms in total. The number of hydrogen-bond acceptors (Lipinski definition) is 6. The molecule has 0 aliphatic carbocycles. The zero-order valence-corrected chi connectivity index (χ0v) is 17.2. The standard InChI is InChI=1S/C21H26N6O3/c1-3-22-21(23-9-8-19-24-20(26-25-19)17-5-4-10-28-17)27(2)14-15-6-7-16-18(13-15)30-12-11-29-16/h4-7,10,13H,3,8-9,11-12,14H2,1-2H3,(H,22,23)(H,24,25,26). The van der Waals surface area contributed by atoms with Crippen LogP contribution in [0.2, 0.25) is 0 Å². The first-order valence-corrected chi connectivity index (χ1v) is 10.1. The van der Waals surface area contributed by atoms with Crippen molar-refractivity contribution in [1.29, 1.82) is 0 Å². The van der Waals surface area contributed by atoms with E-state index >= 15 is 0 Å². The van der Waals surface area contributed by atoms with E-state index in [0.717, 1.165) is 35.4 Å². The summed E-state index contributed by atoms with van der Waals surface area (Å²) in [6.07, 6.45) is 2.26. The largest absolute Gasteiger partial charge is 0.486 e. The minimum absolute atomic E-state index is 0.557. The molecule has 0 fully saturated rings. The van der Waals surface area contributed by atoms with E-state index in [1.54, 1.807) is 6.26 Å². The molecule has 1 aromatic carbocycles. The van der Waals surface area contributed by atoms with Crippen LogP contribution in [0, 0.1) is 0 Å². The fourth-order valence-electron chi connectivity index (χ4n) is 3.20. The molecule has 158 valence electrons. The summed E-state index contributed by atoms with van der Waals surface area (Å²) in [6, 6.07) is 9.69. The number of benzene rings is 1. The fraction of sp³-hybridized carbons (Fsp3) is 0.381. The number of rotatable bonds is 7. The Hall–Kier alpha value is -3.49. The Kier molecular flexibility index (Phi) is 6.17. The monoisotopic (exact) mass is 410 g/mol. The third kappa shape index (κ3) is 4.73. The lowest BCUT2D eigenvalue weighted by molar-refractivity contribution is 0.171. The van der Waals surface area contributed by atoms with Gasteiger partial charge in [-0.25, -0.2) is 4.98 Å². The number of aromatic nitrogens is 3. The molecule has 30 heavy (non-hydrogen) atoms. The quantitative estimate of drug-likeness (QED) is 0.456. The molecule has 0 radical (unpaired) electrons. The summed E-state index contributed by atoms with van der Waals surface area (Å²) < 4.78 is 16.6. The number of fused-ring (bicyclic) bond motifs is 1. The molecule has 1 aliphatic rings. The second kappa shape index (κ2) is 9.34. The van der Waals surface area contributed by atoms with Crippen LogP contribution in [0.3, 0.4) is 0 Å². The van der Waals surface area contributed by atoms with Gasteiger partial charge in [-0.15, -0.1) is 0 Å². The number of aliphatic imine (C=N–C) groups is 1. The molecule has 0 saturated heterocycles. The Morgan fingerprint density at radius 3 is 2.90 bits per heavy atom. The van der Waals surface area contributed by atoms with Gasteiger partial charge in [0.15, 0.2) is 23.2 Å². The summed E-state index contributed by atoms with van der Waals surface area (Å²) in [5.74, 6) is 4.41. The summed E-state index contributed by atoms with van der Waals surface area (Å²) in [5, 5.41) is 10.5.